The Labute approximate surface area is 146 Å². The van der Waals surface area contributed by atoms with Crippen LogP contribution in [-0.2, 0) is 6.54 Å². The van der Waals surface area contributed by atoms with Crippen molar-refractivity contribution in [2.45, 2.75) is 27.3 Å². The van der Waals surface area contributed by atoms with Crippen molar-refractivity contribution >= 4 is 22.6 Å². The lowest BCUT2D eigenvalue weighted by Crippen LogP contribution is -1.98. The van der Waals surface area contributed by atoms with Gasteiger partial charge in [0.25, 0.3) is 0 Å². The van der Waals surface area contributed by atoms with Crippen LogP contribution in [0.3, 0.4) is 0 Å². The molecule has 0 amide bonds. The number of nitrogens with zero attached hydrogens (tertiary/aromatic N) is 3. The summed E-state index contributed by atoms with van der Waals surface area (Å²) in [6, 6.07) is 5.76. The largest absolute Gasteiger partial charge is 0.493 e. The van der Waals surface area contributed by atoms with Gasteiger partial charge in [0.05, 0.1) is 24.9 Å². The van der Waals surface area contributed by atoms with Gasteiger partial charge < -0.3 is 9.47 Å². The average molecular weight is 346 g/mol. The first-order valence-electron chi connectivity index (χ1n) is 7.76. The van der Waals surface area contributed by atoms with E-state index < -0.39 is 0 Å². The number of methoxy groups -OCH3 is 2. The predicted molar refractivity (Wildman–Crippen MR) is 96.2 cm³/mol. The highest BCUT2D eigenvalue weighted by atomic mass is 35.5. The maximum absolute atomic E-state index is 6.32. The summed E-state index contributed by atoms with van der Waals surface area (Å²) in [6.45, 7) is 7.04. The fourth-order valence-corrected chi connectivity index (χ4v) is 3.30. The van der Waals surface area contributed by atoms with Gasteiger partial charge >= 0.3 is 0 Å². The van der Waals surface area contributed by atoms with Crippen molar-refractivity contribution in [2.75, 3.05) is 14.2 Å². The molecule has 0 unspecified atom stereocenters. The van der Waals surface area contributed by atoms with E-state index in [0.717, 1.165) is 40.1 Å². The number of fused-ring (bicyclic) bond motifs is 1. The molecule has 126 valence electrons. The van der Waals surface area contributed by atoms with Gasteiger partial charge in [-0.3, -0.25) is 4.68 Å². The molecule has 0 aliphatic rings. The van der Waals surface area contributed by atoms with Crippen LogP contribution in [0.15, 0.2) is 18.2 Å². The minimum atomic E-state index is 0.488. The van der Waals surface area contributed by atoms with Crippen LogP contribution in [0.25, 0.3) is 22.3 Å². The molecule has 0 spiro atoms. The molecule has 5 nitrogen and oxygen atoms in total. The van der Waals surface area contributed by atoms with E-state index in [0.29, 0.717) is 16.5 Å². The minimum absolute atomic E-state index is 0.488. The summed E-state index contributed by atoms with van der Waals surface area (Å²) in [4.78, 5) is 4.72. The zero-order chi connectivity index (χ0) is 17.4. The zero-order valence-electron chi connectivity index (χ0n) is 14.5. The van der Waals surface area contributed by atoms with Crippen LogP contribution in [0, 0.1) is 13.8 Å². The Balaban J connectivity index is 2.21. The molecule has 0 saturated carbocycles. The minimum Gasteiger partial charge on any atom is -0.493 e. The van der Waals surface area contributed by atoms with Crippen LogP contribution in [0.5, 0.6) is 11.5 Å². The van der Waals surface area contributed by atoms with Crippen molar-refractivity contribution < 1.29 is 9.47 Å². The van der Waals surface area contributed by atoms with Gasteiger partial charge in [-0.05, 0) is 44.5 Å². The van der Waals surface area contributed by atoms with Gasteiger partial charge in [-0.15, -0.1) is 0 Å². The molecule has 2 heterocycles. The predicted octanol–water partition coefficient (Wildman–Crippen LogP) is 4.41. The summed E-state index contributed by atoms with van der Waals surface area (Å²) in [5.74, 6) is 1.10. The lowest BCUT2D eigenvalue weighted by molar-refractivity contribution is 0.355. The maximum atomic E-state index is 6.32. The smallest absolute Gasteiger partial charge is 0.182 e. The van der Waals surface area contributed by atoms with Crippen LogP contribution in [0.4, 0.5) is 0 Å². The Hall–Kier alpha value is -2.27. The normalized spacial score (nSPS) is 11.1. The Kier molecular flexibility index (Phi) is 4.37. The van der Waals surface area contributed by atoms with Gasteiger partial charge in [0, 0.05) is 23.2 Å². The highest BCUT2D eigenvalue weighted by Gasteiger charge is 2.16. The quantitative estimate of drug-likeness (QED) is 0.703. The molecule has 2 aromatic heterocycles. The van der Waals surface area contributed by atoms with E-state index in [4.69, 9.17) is 26.1 Å². The Morgan fingerprint density at radius 2 is 1.88 bits per heavy atom. The van der Waals surface area contributed by atoms with Gasteiger partial charge in [-0.2, -0.15) is 5.10 Å². The van der Waals surface area contributed by atoms with Gasteiger partial charge in [-0.25, -0.2) is 4.98 Å². The van der Waals surface area contributed by atoms with Gasteiger partial charge in [0.15, 0.2) is 17.1 Å². The Bertz CT molecular complexity index is 919. The van der Waals surface area contributed by atoms with E-state index in [1.54, 1.807) is 14.2 Å². The Morgan fingerprint density at radius 1 is 1.12 bits per heavy atom. The van der Waals surface area contributed by atoms with Crippen LogP contribution in [0.2, 0.25) is 5.02 Å². The number of benzene rings is 1. The standard InChI is InChI=1S/C18H20ClN3O2/c1-6-22-11(3)16-10(2)7-14(20-18(16)21-22)12-8-13(19)17(24-5)15(9-12)23-4/h7-9H,6H2,1-5H3. The van der Waals surface area contributed by atoms with Crippen molar-refractivity contribution in [2.24, 2.45) is 0 Å². The number of pyridine rings is 1. The zero-order valence-corrected chi connectivity index (χ0v) is 15.2. The molecule has 0 saturated heterocycles. The van der Waals surface area contributed by atoms with Crippen molar-refractivity contribution in [1.82, 2.24) is 14.8 Å². The van der Waals surface area contributed by atoms with Crippen LogP contribution < -0.4 is 9.47 Å². The monoisotopic (exact) mass is 345 g/mol. The molecule has 0 aliphatic carbocycles. The SMILES string of the molecule is CCn1nc2nc(-c3cc(Cl)c(OC)c(OC)c3)cc(C)c2c1C. The van der Waals surface area contributed by atoms with Gasteiger partial charge in [-0.1, -0.05) is 11.6 Å². The van der Waals surface area contributed by atoms with Crippen molar-refractivity contribution in [3.8, 4) is 22.8 Å². The molecule has 3 rings (SSSR count). The first kappa shape index (κ1) is 16.6. The molecule has 0 radical (unpaired) electrons. The summed E-state index contributed by atoms with van der Waals surface area (Å²) in [5.41, 5.74) is 4.69. The highest BCUT2D eigenvalue weighted by molar-refractivity contribution is 6.32. The van der Waals surface area contributed by atoms with E-state index in [-0.39, 0.29) is 0 Å². The third-order valence-corrected chi connectivity index (χ3v) is 4.47. The Morgan fingerprint density at radius 3 is 2.50 bits per heavy atom. The highest BCUT2D eigenvalue weighted by Crippen LogP contribution is 2.39. The number of aryl methyl sites for hydroxylation is 3. The topological polar surface area (TPSA) is 49.2 Å². The van der Waals surface area contributed by atoms with E-state index in [2.05, 4.69) is 31.9 Å². The summed E-state index contributed by atoms with van der Waals surface area (Å²) >= 11 is 6.32. The third kappa shape index (κ3) is 2.59. The third-order valence-electron chi connectivity index (χ3n) is 4.19. The molecule has 0 N–H and O–H groups in total. The second-order valence-electron chi connectivity index (χ2n) is 5.62. The molecule has 3 aromatic rings. The first-order valence-corrected chi connectivity index (χ1v) is 8.14. The lowest BCUT2D eigenvalue weighted by atomic mass is 10.1. The van der Waals surface area contributed by atoms with E-state index >= 15 is 0 Å². The molecule has 1 aromatic carbocycles. The van der Waals surface area contributed by atoms with E-state index in [9.17, 15) is 0 Å². The number of rotatable bonds is 4. The molecule has 0 aliphatic heterocycles. The van der Waals surface area contributed by atoms with E-state index in [1.165, 1.54) is 0 Å². The first-order chi connectivity index (χ1) is 11.5. The molecule has 0 bridgehead atoms. The second-order valence-corrected chi connectivity index (χ2v) is 6.02. The number of halogens is 1. The lowest BCUT2D eigenvalue weighted by Gasteiger charge is -2.12. The molecule has 6 heteroatoms. The molecule has 24 heavy (non-hydrogen) atoms. The number of hydrogen-bond acceptors (Lipinski definition) is 4. The maximum Gasteiger partial charge on any atom is 0.182 e. The van der Waals surface area contributed by atoms with Gasteiger partial charge in [0.1, 0.15) is 0 Å². The number of aromatic nitrogens is 3. The van der Waals surface area contributed by atoms with Crippen molar-refractivity contribution in [3.63, 3.8) is 0 Å². The van der Waals surface area contributed by atoms with Crippen LogP contribution in [-0.4, -0.2) is 29.0 Å². The summed E-state index contributed by atoms with van der Waals surface area (Å²) in [5, 5.41) is 6.18. The fourth-order valence-electron chi connectivity index (χ4n) is 3.02. The molecule has 0 fully saturated rings. The molecule has 0 atom stereocenters. The van der Waals surface area contributed by atoms with E-state index in [1.807, 2.05) is 16.8 Å². The number of ether oxygens (including phenoxy) is 2. The van der Waals surface area contributed by atoms with Crippen LogP contribution in [0.1, 0.15) is 18.2 Å². The fraction of sp³-hybridized carbons (Fsp3) is 0.333. The summed E-state index contributed by atoms with van der Waals surface area (Å²) in [7, 11) is 3.16. The average Bonchev–Trinajstić information content (AvgIpc) is 2.90. The summed E-state index contributed by atoms with van der Waals surface area (Å²) in [6.07, 6.45) is 0. The van der Waals surface area contributed by atoms with Crippen molar-refractivity contribution in [1.29, 1.82) is 0 Å². The van der Waals surface area contributed by atoms with Crippen molar-refractivity contribution in [3.05, 3.63) is 34.5 Å². The second kappa shape index (κ2) is 6.32. The van der Waals surface area contributed by atoms with Gasteiger partial charge in [0.2, 0.25) is 0 Å². The number of hydrogen-bond donors (Lipinski definition) is 0. The molecular formula is C18H20ClN3O2. The summed E-state index contributed by atoms with van der Waals surface area (Å²) < 4.78 is 12.6. The van der Waals surface area contributed by atoms with Crippen LogP contribution >= 0.6 is 11.6 Å². The molecular weight excluding hydrogens is 326 g/mol.